The van der Waals surface area contributed by atoms with Crippen LogP contribution in [-0.4, -0.2) is 11.0 Å². The van der Waals surface area contributed by atoms with E-state index in [2.05, 4.69) is 10.3 Å². The maximum Gasteiger partial charge on any atom is 0.128 e. The topological polar surface area (TPSA) is 24.9 Å². The van der Waals surface area contributed by atoms with E-state index in [-0.39, 0.29) is 17.9 Å². The second kappa shape index (κ2) is 6.20. The lowest BCUT2D eigenvalue weighted by Gasteiger charge is -2.20. The number of rotatable bonds is 4. The maximum atomic E-state index is 14.1. The lowest BCUT2D eigenvalue weighted by molar-refractivity contribution is 0.501. The number of benzene rings is 1. The Kier molecular flexibility index (Phi) is 4.78. The van der Waals surface area contributed by atoms with E-state index < -0.39 is 0 Å². The van der Waals surface area contributed by atoms with Crippen molar-refractivity contribution in [2.45, 2.75) is 39.8 Å². The molecule has 1 unspecified atom stereocenters. The van der Waals surface area contributed by atoms with Gasteiger partial charge in [0.05, 0.1) is 11.7 Å². The summed E-state index contributed by atoms with van der Waals surface area (Å²) in [6, 6.07) is 4.57. The van der Waals surface area contributed by atoms with Crippen LogP contribution in [0.2, 0.25) is 5.02 Å². The third kappa shape index (κ3) is 3.37. The van der Waals surface area contributed by atoms with E-state index in [1.54, 1.807) is 23.5 Å². The summed E-state index contributed by atoms with van der Waals surface area (Å²) in [5.41, 5.74) is 1.53. The van der Waals surface area contributed by atoms with E-state index in [0.29, 0.717) is 10.6 Å². The summed E-state index contributed by atoms with van der Waals surface area (Å²) in [4.78, 5) is 5.71. The predicted molar refractivity (Wildman–Crippen MR) is 83.1 cm³/mol. The summed E-state index contributed by atoms with van der Waals surface area (Å²) in [7, 11) is 0. The number of nitrogens with zero attached hydrogens (tertiary/aromatic N) is 1. The van der Waals surface area contributed by atoms with Crippen LogP contribution in [0.1, 0.15) is 41.0 Å². The van der Waals surface area contributed by atoms with Crippen LogP contribution in [0.5, 0.6) is 0 Å². The standard InChI is InChI=1S/C15H18ClFN2S/c1-8(2)18-14(15-19-9(3)10(4)20-15)12-7-11(16)5-6-13(12)17/h5-8,14,18H,1-4H3. The maximum absolute atomic E-state index is 14.1. The smallest absolute Gasteiger partial charge is 0.128 e. The van der Waals surface area contributed by atoms with Gasteiger partial charge < -0.3 is 5.32 Å². The molecule has 0 aliphatic rings. The average molecular weight is 313 g/mol. The fourth-order valence-corrected chi connectivity index (χ4v) is 3.17. The van der Waals surface area contributed by atoms with Gasteiger partial charge in [-0.1, -0.05) is 11.6 Å². The third-order valence-electron chi connectivity index (χ3n) is 3.06. The number of nitrogens with one attached hydrogen (secondary N) is 1. The van der Waals surface area contributed by atoms with Gasteiger partial charge in [-0.05, 0) is 45.9 Å². The molecule has 1 aromatic heterocycles. The third-order valence-corrected chi connectivity index (χ3v) is 4.43. The average Bonchev–Trinajstić information content (AvgIpc) is 2.69. The van der Waals surface area contributed by atoms with Crippen LogP contribution in [-0.2, 0) is 0 Å². The Bertz CT molecular complexity index is 590. The molecule has 0 bridgehead atoms. The molecule has 0 radical (unpaired) electrons. The Labute approximate surface area is 128 Å². The zero-order valence-corrected chi connectivity index (χ0v) is 13.6. The number of aryl methyl sites for hydroxylation is 2. The first kappa shape index (κ1) is 15.4. The molecule has 0 spiro atoms. The quantitative estimate of drug-likeness (QED) is 0.889. The molecule has 1 heterocycles. The molecule has 5 heteroatoms. The highest BCUT2D eigenvalue weighted by atomic mass is 35.5. The summed E-state index contributed by atoms with van der Waals surface area (Å²) < 4.78 is 14.1. The summed E-state index contributed by atoms with van der Waals surface area (Å²) in [6.07, 6.45) is 0. The molecule has 1 N–H and O–H groups in total. The van der Waals surface area contributed by atoms with Gasteiger partial charge in [0, 0.05) is 21.5 Å². The molecule has 2 aromatic rings. The number of hydrogen-bond donors (Lipinski definition) is 1. The van der Waals surface area contributed by atoms with Crippen molar-refractivity contribution in [1.29, 1.82) is 0 Å². The molecular formula is C15H18ClFN2S. The molecule has 0 saturated heterocycles. The molecule has 0 aliphatic heterocycles. The Morgan fingerprint density at radius 1 is 1.30 bits per heavy atom. The fraction of sp³-hybridized carbons (Fsp3) is 0.400. The van der Waals surface area contributed by atoms with Crippen molar-refractivity contribution in [2.24, 2.45) is 0 Å². The summed E-state index contributed by atoms with van der Waals surface area (Å²) >= 11 is 7.60. The highest BCUT2D eigenvalue weighted by Crippen LogP contribution is 2.31. The Hall–Kier alpha value is -0.970. The molecule has 1 atom stereocenters. The van der Waals surface area contributed by atoms with Crippen molar-refractivity contribution in [2.75, 3.05) is 0 Å². The van der Waals surface area contributed by atoms with E-state index >= 15 is 0 Å². The van der Waals surface area contributed by atoms with Crippen LogP contribution < -0.4 is 5.32 Å². The molecule has 2 rings (SSSR count). The molecule has 0 aliphatic carbocycles. The number of hydrogen-bond acceptors (Lipinski definition) is 3. The zero-order valence-electron chi connectivity index (χ0n) is 12.0. The van der Waals surface area contributed by atoms with Gasteiger partial charge in [-0.25, -0.2) is 9.37 Å². The highest BCUT2D eigenvalue weighted by Gasteiger charge is 2.22. The number of aromatic nitrogens is 1. The fourth-order valence-electron chi connectivity index (χ4n) is 1.98. The molecule has 20 heavy (non-hydrogen) atoms. The normalized spacial score (nSPS) is 12.9. The lowest BCUT2D eigenvalue weighted by atomic mass is 10.1. The molecule has 0 amide bonds. The van der Waals surface area contributed by atoms with Crippen molar-refractivity contribution < 1.29 is 4.39 Å². The minimum absolute atomic E-state index is 0.211. The largest absolute Gasteiger partial charge is 0.302 e. The van der Waals surface area contributed by atoms with Crippen molar-refractivity contribution >= 4 is 22.9 Å². The predicted octanol–water partition coefficient (Wildman–Crippen LogP) is 4.64. The summed E-state index contributed by atoms with van der Waals surface area (Å²) in [6.45, 7) is 8.05. The number of thiazole rings is 1. The van der Waals surface area contributed by atoms with Gasteiger partial charge in [0.2, 0.25) is 0 Å². The van der Waals surface area contributed by atoms with Crippen LogP contribution in [0, 0.1) is 19.7 Å². The van der Waals surface area contributed by atoms with Crippen LogP contribution in [0.15, 0.2) is 18.2 Å². The minimum atomic E-state index is -0.272. The lowest BCUT2D eigenvalue weighted by Crippen LogP contribution is -2.29. The van der Waals surface area contributed by atoms with Crippen LogP contribution in [0.3, 0.4) is 0 Å². The van der Waals surface area contributed by atoms with E-state index in [1.165, 1.54) is 6.07 Å². The van der Waals surface area contributed by atoms with Crippen LogP contribution in [0.4, 0.5) is 4.39 Å². The molecule has 0 fully saturated rings. The van der Waals surface area contributed by atoms with Crippen molar-refractivity contribution in [1.82, 2.24) is 10.3 Å². The first-order chi connectivity index (χ1) is 9.38. The second-order valence-electron chi connectivity index (χ2n) is 5.11. The monoisotopic (exact) mass is 312 g/mol. The summed E-state index contributed by atoms with van der Waals surface area (Å²) in [5.74, 6) is -0.266. The molecule has 108 valence electrons. The van der Waals surface area contributed by atoms with Gasteiger partial charge in [-0.15, -0.1) is 11.3 Å². The van der Waals surface area contributed by atoms with Crippen LogP contribution >= 0.6 is 22.9 Å². The van der Waals surface area contributed by atoms with Crippen molar-refractivity contribution in [3.05, 3.63) is 50.2 Å². The number of halogens is 2. The summed E-state index contributed by atoms with van der Waals surface area (Å²) in [5, 5.41) is 4.77. The van der Waals surface area contributed by atoms with E-state index in [0.717, 1.165) is 15.6 Å². The SMILES string of the molecule is Cc1nc(C(NC(C)C)c2cc(Cl)ccc2F)sc1C. The Balaban J connectivity index is 2.49. The van der Waals surface area contributed by atoms with E-state index in [1.807, 2.05) is 27.7 Å². The van der Waals surface area contributed by atoms with Gasteiger partial charge in [0.15, 0.2) is 0 Å². The van der Waals surface area contributed by atoms with Gasteiger partial charge in [-0.2, -0.15) is 0 Å². The molecule has 2 nitrogen and oxygen atoms in total. The Morgan fingerprint density at radius 3 is 2.55 bits per heavy atom. The molecular weight excluding hydrogens is 295 g/mol. The first-order valence-corrected chi connectivity index (χ1v) is 7.73. The van der Waals surface area contributed by atoms with Crippen molar-refractivity contribution in [3.63, 3.8) is 0 Å². The molecule has 1 aromatic carbocycles. The van der Waals surface area contributed by atoms with Gasteiger partial charge in [0.25, 0.3) is 0 Å². The highest BCUT2D eigenvalue weighted by molar-refractivity contribution is 7.11. The minimum Gasteiger partial charge on any atom is -0.302 e. The second-order valence-corrected chi connectivity index (χ2v) is 6.79. The van der Waals surface area contributed by atoms with Crippen molar-refractivity contribution in [3.8, 4) is 0 Å². The Morgan fingerprint density at radius 2 is 2.00 bits per heavy atom. The van der Waals surface area contributed by atoms with Gasteiger partial charge in [0.1, 0.15) is 10.8 Å². The van der Waals surface area contributed by atoms with Gasteiger partial charge >= 0.3 is 0 Å². The van der Waals surface area contributed by atoms with Gasteiger partial charge in [-0.3, -0.25) is 0 Å². The zero-order chi connectivity index (χ0) is 14.9. The van der Waals surface area contributed by atoms with E-state index in [9.17, 15) is 4.39 Å². The molecule has 0 saturated carbocycles. The van der Waals surface area contributed by atoms with Crippen LogP contribution in [0.25, 0.3) is 0 Å². The first-order valence-electron chi connectivity index (χ1n) is 6.53. The van der Waals surface area contributed by atoms with E-state index in [4.69, 9.17) is 11.6 Å².